The molecular formula is C5H6N. The molecule has 0 bridgehead atoms. The lowest BCUT2D eigenvalue weighted by atomic mass is 9.87. The summed E-state index contributed by atoms with van der Waals surface area (Å²) in [6.07, 6.45) is 4.18. The average molecular weight is 80.1 g/mol. The molecule has 0 unspecified atom stereocenters. The smallest absolute Gasteiger partial charge is 0.0655 e. The molecule has 1 radical (unpaired) electrons. The van der Waals surface area contributed by atoms with E-state index in [2.05, 4.69) is 12.5 Å². The second kappa shape index (κ2) is 1.30. The normalized spacial score (nSPS) is 21.8. The van der Waals surface area contributed by atoms with Crippen molar-refractivity contribution in [1.29, 1.82) is 5.26 Å². The van der Waals surface area contributed by atoms with Gasteiger partial charge in [0.1, 0.15) is 0 Å². The van der Waals surface area contributed by atoms with Gasteiger partial charge in [-0.15, -0.1) is 0 Å². The highest BCUT2D eigenvalue weighted by Crippen LogP contribution is 2.23. The van der Waals surface area contributed by atoms with Crippen LogP contribution >= 0.6 is 0 Å². The van der Waals surface area contributed by atoms with Crippen LogP contribution in [0, 0.1) is 23.7 Å². The van der Waals surface area contributed by atoms with Gasteiger partial charge in [0.05, 0.1) is 6.07 Å². The monoisotopic (exact) mass is 80.1 g/mol. The van der Waals surface area contributed by atoms with E-state index < -0.39 is 0 Å². The Morgan fingerprint density at radius 2 is 2.33 bits per heavy atom. The predicted molar refractivity (Wildman–Crippen MR) is 22.6 cm³/mol. The molecule has 0 aliphatic heterocycles. The minimum atomic E-state index is 0.366. The quantitative estimate of drug-likeness (QED) is 0.427. The van der Waals surface area contributed by atoms with Crippen molar-refractivity contribution in [3.8, 4) is 6.07 Å². The van der Waals surface area contributed by atoms with Crippen LogP contribution in [0.4, 0.5) is 0 Å². The summed E-state index contributed by atoms with van der Waals surface area (Å²) in [5.74, 6) is 0.366. The first kappa shape index (κ1) is 3.67. The van der Waals surface area contributed by atoms with Crippen molar-refractivity contribution in [2.24, 2.45) is 5.92 Å². The molecule has 0 aromatic heterocycles. The molecule has 1 heteroatoms. The first-order valence-electron chi connectivity index (χ1n) is 2.15. The largest absolute Gasteiger partial charge is 0.198 e. The third-order valence-electron chi connectivity index (χ3n) is 1.08. The Bertz CT molecular complexity index is 76.4. The zero-order valence-electron chi connectivity index (χ0n) is 3.52. The van der Waals surface area contributed by atoms with Crippen molar-refractivity contribution in [2.75, 3.05) is 0 Å². The molecule has 1 aliphatic rings. The number of hydrogen-bond donors (Lipinski definition) is 0. The van der Waals surface area contributed by atoms with Crippen LogP contribution in [-0.2, 0) is 0 Å². The Labute approximate surface area is 37.6 Å². The van der Waals surface area contributed by atoms with Gasteiger partial charge in [-0.25, -0.2) is 0 Å². The Balaban J connectivity index is 2.22. The molecule has 1 saturated carbocycles. The summed E-state index contributed by atoms with van der Waals surface area (Å²) in [6.45, 7) is 0. The van der Waals surface area contributed by atoms with E-state index in [4.69, 9.17) is 5.26 Å². The molecule has 0 heterocycles. The van der Waals surface area contributed by atoms with Crippen LogP contribution in [0.25, 0.3) is 0 Å². The molecule has 31 valence electrons. The van der Waals surface area contributed by atoms with Crippen molar-refractivity contribution in [3.63, 3.8) is 0 Å². The van der Waals surface area contributed by atoms with Crippen LogP contribution in [0.3, 0.4) is 0 Å². The van der Waals surface area contributed by atoms with E-state index in [-0.39, 0.29) is 0 Å². The van der Waals surface area contributed by atoms with Crippen molar-refractivity contribution in [1.82, 2.24) is 0 Å². The van der Waals surface area contributed by atoms with Gasteiger partial charge < -0.3 is 0 Å². The van der Waals surface area contributed by atoms with Gasteiger partial charge in [-0.05, 0) is 19.3 Å². The molecule has 1 rings (SSSR count). The van der Waals surface area contributed by atoms with E-state index >= 15 is 0 Å². The van der Waals surface area contributed by atoms with Crippen LogP contribution in [-0.4, -0.2) is 0 Å². The van der Waals surface area contributed by atoms with Crippen molar-refractivity contribution < 1.29 is 0 Å². The number of hydrogen-bond acceptors (Lipinski definition) is 1. The third-order valence-corrected chi connectivity index (χ3v) is 1.08. The molecule has 1 fully saturated rings. The van der Waals surface area contributed by atoms with E-state index in [1.165, 1.54) is 0 Å². The summed E-state index contributed by atoms with van der Waals surface area (Å²) in [5.41, 5.74) is 0. The first-order chi connectivity index (χ1) is 2.93. The SMILES string of the molecule is N#CC1C[CH]C1. The zero-order valence-corrected chi connectivity index (χ0v) is 3.52. The maximum absolute atomic E-state index is 8.12. The molecule has 0 atom stereocenters. The van der Waals surface area contributed by atoms with Gasteiger partial charge in [0.15, 0.2) is 0 Å². The Hall–Kier alpha value is -0.510. The highest BCUT2D eigenvalue weighted by Gasteiger charge is 2.15. The molecule has 0 aromatic carbocycles. The molecular weight excluding hydrogens is 74.1 g/mol. The van der Waals surface area contributed by atoms with Gasteiger partial charge in [0.25, 0.3) is 0 Å². The van der Waals surface area contributed by atoms with Gasteiger partial charge >= 0.3 is 0 Å². The number of nitrogens with zero attached hydrogens (tertiary/aromatic N) is 1. The fourth-order valence-corrected chi connectivity index (χ4v) is 0.439. The lowest BCUT2D eigenvalue weighted by Gasteiger charge is -2.15. The van der Waals surface area contributed by atoms with Crippen LogP contribution in [0.15, 0.2) is 0 Å². The predicted octanol–water partition coefficient (Wildman–Crippen LogP) is 1.12. The molecule has 0 N–H and O–H groups in total. The maximum Gasteiger partial charge on any atom is 0.0655 e. The van der Waals surface area contributed by atoms with E-state index in [1.807, 2.05) is 0 Å². The van der Waals surface area contributed by atoms with Gasteiger partial charge in [-0.3, -0.25) is 0 Å². The molecule has 0 amide bonds. The summed E-state index contributed by atoms with van der Waals surface area (Å²) >= 11 is 0. The second-order valence-electron chi connectivity index (χ2n) is 1.59. The van der Waals surface area contributed by atoms with Gasteiger partial charge in [-0.2, -0.15) is 5.26 Å². The highest BCUT2D eigenvalue weighted by atomic mass is 14.3. The summed E-state index contributed by atoms with van der Waals surface area (Å²) in [6, 6.07) is 2.17. The zero-order chi connectivity index (χ0) is 4.41. The maximum atomic E-state index is 8.12. The third kappa shape index (κ3) is 0.386. The second-order valence-corrected chi connectivity index (χ2v) is 1.59. The van der Waals surface area contributed by atoms with Gasteiger partial charge in [-0.1, -0.05) is 0 Å². The van der Waals surface area contributed by atoms with E-state index in [0.29, 0.717) is 5.92 Å². The van der Waals surface area contributed by atoms with Crippen LogP contribution in [0.5, 0.6) is 0 Å². The average Bonchev–Trinajstić information content (AvgIpc) is 1.31. The van der Waals surface area contributed by atoms with Crippen LogP contribution in [0.2, 0.25) is 0 Å². The van der Waals surface area contributed by atoms with Crippen LogP contribution < -0.4 is 0 Å². The molecule has 6 heavy (non-hydrogen) atoms. The molecule has 1 nitrogen and oxygen atoms in total. The first-order valence-corrected chi connectivity index (χ1v) is 2.15. The van der Waals surface area contributed by atoms with Crippen molar-refractivity contribution in [2.45, 2.75) is 12.8 Å². The minimum absolute atomic E-state index is 0.366. The van der Waals surface area contributed by atoms with E-state index in [1.54, 1.807) is 0 Å². The number of rotatable bonds is 0. The lowest BCUT2D eigenvalue weighted by molar-refractivity contribution is 0.517. The summed E-state index contributed by atoms with van der Waals surface area (Å²) < 4.78 is 0. The molecule has 1 aliphatic carbocycles. The number of nitriles is 1. The molecule has 0 saturated heterocycles. The fraction of sp³-hybridized carbons (Fsp3) is 0.600. The van der Waals surface area contributed by atoms with Crippen molar-refractivity contribution in [3.05, 3.63) is 6.42 Å². The molecule has 0 spiro atoms. The topological polar surface area (TPSA) is 23.8 Å². The molecule has 0 aromatic rings. The lowest BCUT2D eigenvalue weighted by Crippen LogP contribution is -2.07. The Morgan fingerprint density at radius 1 is 1.67 bits per heavy atom. The van der Waals surface area contributed by atoms with Crippen molar-refractivity contribution >= 4 is 0 Å². The summed E-state index contributed by atoms with van der Waals surface area (Å²) in [4.78, 5) is 0. The highest BCUT2D eigenvalue weighted by molar-refractivity contribution is 4.98. The Kier molecular flexibility index (Phi) is 0.795. The van der Waals surface area contributed by atoms with Gasteiger partial charge in [0.2, 0.25) is 0 Å². The summed E-state index contributed by atoms with van der Waals surface area (Å²) in [5, 5.41) is 8.12. The van der Waals surface area contributed by atoms with E-state index in [0.717, 1.165) is 12.8 Å². The standard InChI is InChI=1S/C5H6N/c6-4-5-2-1-3-5/h1,5H,2-3H2. The van der Waals surface area contributed by atoms with E-state index in [9.17, 15) is 0 Å². The minimum Gasteiger partial charge on any atom is -0.198 e. The van der Waals surface area contributed by atoms with Crippen LogP contribution in [0.1, 0.15) is 12.8 Å². The Morgan fingerprint density at radius 3 is 2.33 bits per heavy atom. The fourth-order valence-electron chi connectivity index (χ4n) is 0.439. The van der Waals surface area contributed by atoms with Gasteiger partial charge in [0, 0.05) is 5.92 Å². The summed E-state index contributed by atoms with van der Waals surface area (Å²) in [7, 11) is 0.